The van der Waals surface area contributed by atoms with Gasteiger partial charge in [0, 0.05) is 23.3 Å². The van der Waals surface area contributed by atoms with E-state index in [-0.39, 0.29) is 11.9 Å². The Morgan fingerprint density at radius 2 is 1.96 bits per heavy atom. The third kappa shape index (κ3) is 3.90. The van der Waals surface area contributed by atoms with Crippen LogP contribution in [-0.4, -0.2) is 29.6 Å². The quantitative estimate of drug-likeness (QED) is 0.806. The Hall–Kier alpha value is -1.79. The maximum atomic E-state index is 13.3. The fourth-order valence-corrected chi connectivity index (χ4v) is 4.16. The maximum absolute atomic E-state index is 13.3. The highest BCUT2D eigenvalue weighted by Gasteiger charge is 2.16. The zero-order valence-electron chi connectivity index (χ0n) is 14.2. The Bertz CT molecular complexity index is 808. The van der Waals surface area contributed by atoms with Crippen molar-refractivity contribution in [1.29, 1.82) is 0 Å². The van der Waals surface area contributed by atoms with Gasteiger partial charge >= 0.3 is 0 Å². The van der Waals surface area contributed by atoms with Crippen LogP contribution in [0.2, 0.25) is 0 Å². The molecule has 1 aromatic carbocycles. The average Bonchev–Trinajstić information content (AvgIpc) is 3.37. The molecule has 1 aliphatic heterocycles. The molecule has 4 nitrogen and oxygen atoms in total. The molecule has 25 heavy (non-hydrogen) atoms. The first-order valence-corrected chi connectivity index (χ1v) is 9.83. The summed E-state index contributed by atoms with van der Waals surface area (Å²) in [5.41, 5.74) is 3.15. The summed E-state index contributed by atoms with van der Waals surface area (Å²) in [5, 5.41) is 6.93. The number of nitrogens with zero attached hydrogens (tertiary/aromatic N) is 3. The lowest BCUT2D eigenvalue weighted by Crippen LogP contribution is -2.18. The molecule has 0 amide bonds. The van der Waals surface area contributed by atoms with Crippen molar-refractivity contribution in [2.24, 2.45) is 10.1 Å². The first-order chi connectivity index (χ1) is 12.3. The zero-order chi connectivity index (χ0) is 17.1. The van der Waals surface area contributed by atoms with Gasteiger partial charge in [-0.3, -0.25) is 4.99 Å². The summed E-state index contributed by atoms with van der Waals surface area (Å²) in [6.45, 7) is 1.52. The minimum atomic E-state index is -0.226. The van der Waals surface area contributed by atoms with E-state index in [1.165, 1.54) is 30.7 Å². The van der Waals surface area contributed by atoms with Crippen molar-refractivity contribution < 1.29 is 9.13 Å². The Kier molecular flexibility index (Phi) is 5.08. The summed E-state index contributed by atoms with van der Waals surface area (Å²) in [5.74, 6) is -0.226. The van der Waals surface area contributed by atoms with Gasteiger partial charge in [-0.2, -0.15) is 5.10 Å². The van der Waals surface area contributed by atoms with Crippen LogP contribution in [-0.2, 0) is 4.74 Å². The molecule has 4 rings (SSSR count). The smallest absolute Gasteiger partial charge is 0.206 e. The first-order valence-electron chi connectivity index (χ1n) is 8.95. The summed E-state index contributed by atoms with van der Waals surface area (Å²) in [6.07, 6.45) is 6.94. The largest absolute Gasteiger partial charge is 0.376 e. The number of ether oxygens (including phenoxy) is 1. The molecule has 1 atom stereocenters. The summed E-state index contributed by atoms with van der Waals surface area (Å²) < 4.78 is 20.9. The van der Waals surface area contributed by atoms with Crippen LogP contribution in [0.15, 0.2) is 39.7 Å². The Morgan fingerprint density at radius 1 is 1.16 bits per heavy atom. The minimum Gasteiger partial charge on any atom is -0.376 e. The van der Waals surface area contributed by atoms with Gasteiger partial charge in [0.05, 0.1) is 18.3 Å². The van der Waals surface area contributed by atoms with E-state index in [0.717, 1.165) is 48.3 Å². The van der Waals surface area contributed by atoms with Gasteiger partial charge in [0.2, 0.25) is 4.80 Å². The van der Waals surface area contributed by atoms with Crippen molar-refractivity contribution in [2.75, 3.05) is 13.2 Å². The summed E-state index contributed by atoms with van der Waals surface area (Å²) in [6, 6.07) is 6.58. The predicted octanol–water partition coefficient (Wildman–Crippen LogP) is 4.21. The van der Waals surface area contributed by atoms with Gasteiger partial charge in [0.25, 0.3) is 0 Å². The van der Waals surface area contributed by atoms with Gasteiger partial charge in [-0.15, -0.1) is 11.3 Å². The van der Waals surface area contributed by atoms with Gasteiger partial charge in [-0.1, -0.05) is 0 Å². The summed E-state index contributed by atoms with van der Waals surface area (Å²) in [4.78, 5) is 5.65. The van der Waals surface area contributed by atoms with Gasteiger partial charge in [-0.05, 0) is 62.8 Å². The van der Waals surface area contributed by atoms with Crippen molar-refractivity contribution in [3.63, 3.8) is 0 Å². The van der Waals surface area contributed by atoms with Gasteiger partial charge in [-0.25, -0.2) is 9.07 Å². The first kappa shape index (κ1) is 16.7. The highest BCUT2D eigenvalue weighted by molar-refractivity contribution is 7.07. The molecule has 6 heteroatoms. The van der Waals surface area contributed by atoms with Crippen molar-refractivity contribution in [3.05, 3.63) is 40.3 Å². The number of rotatable bonds is 4. The van der Waals surface area contributed by atoms with Crippen molar-refractivity contribution >= 4 is 17.0 Å². The molecule has 1 aromatic heterocycles. The molecule has 132 valence electrons. The molecule has 0 bridgehead atoms. The molecule has 1 aliphatic carbocycles. The van der Waals surface area contributed by atoms with E-state index in [1.807, 2.05) is 4.68 Å². The van der Waals surface area contributed by atoms with E-state index >= 15 is 0 Å². The van der Waals surface area contributed by atoms with Gasteiger partial charge in [0.15, 0.2) is 0 Å². The van der Waals surface area contributed by atoms with E-state index < -0.39 is 0 Å². The van der Waals surface area contributed by atoms with Crippen molar-refractivity contribution in [2.45, 2.75) is 44.6 Å². The predicted molar refractivity (Wildman–Crippen MR) is 98.4 cm³/mol. The third-order valence-corrected chi connectivity index (χ3v) is 5.56. The van der Waals surface area contributed by atoms with E-state index in [0.29, 0.717) is 6.54 Å². The lowest BCUT2D eigenvalue weighted by Gasteiger charge is -2.07. The number of hydrogen-bond acceptors (Lipinski definition) is 4. The SMILES string of the molecule is Fc1ccc(-c2csc(=NC[C@H]3CCCO3)n2N=C2CCCC2)cc1. The number of aromatic nitrogens is 1. The van der Waals surface area contributed by atoms with E-state index in [2.05, 4.69) is 5.38 Å². The lowest BCUT2D eigenvalue weighted by atomic mass is 10.2. The fourth-order valence-electron chi connectivity index (χ4n) is 3.32. The second-order valence-corrected chi connectivity index (χ2v) is 7.41. The molecule has 0 N–H and O–H groups in total. The van der Waals surface area contributed by atoms with E-state index in [1.54, 1.807) is 23.5 Å². The van der Waals surface area contributed by atoms with Crippen LogP contribution < -0.4 is 4.80 Å². The molecule has 1 saturated carbocycles. The summed E-state index contributed by atoms with van der Waals surface area (Å²) in [7, 11) is 0. The molecule has 2 heterocycles. The van der Waals surface area contributed by atoms with Crippen LogP contribution in [0.3, 0.4) is 0 Å². The summed E-state index contributed by atoms with van der Waals surface area (Å²) >= 11 is 1.58. The number of halogens is 1. The molecule has 1 saturated heterocycles. The standard InChI is InChI=1S/C19H22FN3OS/c20-15-9-7-14(8-10-15)18-13-25-19(21-12-17-6-3-11-24-17)23(18)22-16-4-1-2-5-16/h7-10,13,17H,1-6,11-12H2/t17-/m1/s1. The Balaban J connectivity index is 1.71. The maximum Gasteiger partial charge on any atom is 0.206 e. The third-order valence-electron chi connectivity index (χ3n) is 4.70. The molecule has 2 aliphatic rings. The fraction of sp³-hybridized carbons (Fsp3) is 0.474. The molecular formula is C19H22FN3OS. The second-order valence-electron chi connectivity index (χ2n) is 6.57. The highest BCUT2D eigenvalue weighted by Crippen LogP contribution is 2.22. The van der Waals surface area contributed by atoms with E-state index in [9.17, 15) is 4.39 Å². The monoisotopic (exact) mass is 359 g/mol. The minimum absolute atomic E-state index is 0.226. The van der Waals surface area contributed by atoms with Crippen molar-refractivity contribution in [3.8, 4) is 11.3 Å². The normalized spacial score (nSPS) is 21.2. The molecular weight excluding hydrogens is 337 g/mol. The average molecular weight is 359 g/mol. The number of thiazole rings is 1. The van der Waals surface area contributed by atoms with E-state index in [4.69, 9.17) is 14.8 Å². The van der Waals surface area contributed by atoms with Crippen LogP contribution in [0.5, 0.6) is 0 Å². The second kappa shape index (κ2) is 7.62. The molecule has 0 radical (unpaired) electrons. The van der Waals surface area contributed by atoms with Crippen LogP contribution >= 0.6 is 11.3 Å². The molecule has 0 unspecified atom stereocenters. The molecule has 2 aromatic rings. The van der Waals surface area contributed by atoms with Crippen molar-refractivity contribution in [1.82, 2.24) is 4.68 Å². The van der Waals surface area contributed by atoms with Crippen LogP contribution in [0.1, 0.15) is 38.5 Å². The number of benzene rings is 1. The molecule has 2 fully saturated rings. The van der Waals surface area contributed by atoms with Crippen LogP contribution in [0, 0.1) is 5.82 Å². The number of hydrogen-bond donors (Lipinski definition) is 0. The van der Waals surface area contributed by atoms with Gasteiger partial charge in [0.1, 0.15) is 5.82 Å². The van der Waals surface area contributed by atoms with Crippen LogP contribution in [0.4, 0.5) is 4.39 Å². The zero-order valence-corrected chi connectivity index (χ0v) is 15.0. The Labute approximate surface area is 150 Å². The topological polar surface area (TPSA) is 38.9 Å². The Morgan fingerprint density at radius 3 is 2.68 bits per heavy atom. The van der Waals surface area contributed by atoms with Crippen LogP contribution in [0.25, 0.3) is 11.3 Å². The lowest BCUT2D eigenvalue weighted by molar-refractivity contribution is 0.117. The van der Waals surface area contributed by atoms with Gasteiger partial charge < -0.3 is 4.74 Å². The highest BCUT2D eigenvalue weighted by atomic mass is 32.1. The molecule has 0 spiro atoms.